The number of nitrogens with one attached hydrogen (secondary N) is 2. The van der Waals surface area contributed by atoms with Gasteiger partial charge in [0.2, 0.25) is 11.7 Å². The zero-order valence-electron chi connectivity index (χ0n) is 13.5. The molecule has 128 valence electrons. The van der Waals surface area contributed by atoms with Crippen molar-refractivity contribution >= 4 is 40.0 Å². The molecule has 4 rings (SSSR count). The van der Waals surface area contributed by atoms with E-state index in [1.54, 1.807) is 24.3 Å². The zero-order chi connectivity index (χ0) is 18.6. The van der Waals surface area contributed by atoms with Gasteiger partial charge in [0, 0.05) is 34.6 Å². The lowest BCUT2D eigenvalue weighted by Gasteiger charge is -2.14. The molecule has 7 nitrogen and oxygen atoms in total. The van der Waals surface area contributed by atoms with Crippen molar-refractivity contribution in [3.63, 3.8) is 0 Å². The number of anilines is 1. The number of H-pyrrole nitrogens is 1. The molecular formula is C19H12N2O5. The van der Waals surface area contributed by atoms with E-state index in [1.165, 1.54) is 19.1 Å². The second-order valence-electron chi connectivity index (χ2n) is 6.01. The first-order chi connectivity index (χ1) is 12.4. The summed E-state index contributed by atoms with van der Waals surface area (Å²) >= 11 is 0. The topological polar surface area (TPSA) is 116 Å². The van der Waals surface area contributed by atoms with Gasteiger partial charge in [-0.2, -0.15) is 0 Å². The van der Waals surface area contributed by atoms with E-state index in [2.05, 4.69) is 10.3 Å². The molecule has 1 amide bonds. The maximum atomic E-state index is 12.9. The molecular weight excluding hydrogens is 336 g/mol. The van der Waals surface area contributed by atoms with Gasteiger partial charge in [-0.1, -0.05) is 24.3 Å². The van der Waals surface area contributed by atoms with Crippen molar-refractivity contribution in [3.8, 4) is 0 Å². The van der Waals surface area contributed by atoms with Crippen LogP contribution in [0.2, 0.25) is 0 Å². The third kappa shape index (κ3) is 2.14. The van der Waals surface area contributed by atoms with Crippen LogP contribution in [0.15, 0.2) is 36.4 Å². The van der Waals surface area contributed by atoms with Crippen LogP contribution in [0.1, 0.15) is 49.3 Å². The van der Waals surface area contributed by atoms with Gasteiger partial charge in [0.15, 0.2) is 5.78 Å². The first-order valence-corrected chi connectivity index (χ1v) is 7.77. The molecule has 7 heteroatoms. The van der Waals surface area contributed by atoms with Crippen LogP contribution in [0.5, 0.6) is 0 Å². The smallest absolute Gasteiger partial charge is 0.336 e. The van der Waals surface area contributed by atoms with Gasteiger partial charge < -0.3 is 15.4 Å². The summed E-state index contributed by atoms with van der Waals surface area (Å²) in [6.45, 7) is 1.30. The van der Waals surface area contributed by atoms with E-state index in [-0.39, 0.29) is 50.7 Å². The molecule has 1 aliphatic carbocycles. The van der Waals surface area contributed by atoms with E-state index in [0.29, 0.717) is 5.52 Å². The summed E-state index contributed by atoms with van der Waals surface area (Å²) in [4.78, 5) is 51.6. The average molecular weight is 348 g/mol. The molecule has 1 heterocycles. The first kappa shape index (κ1) is 15.8. The van der Waals surface area contributed by atoms with Crippen LogP contribution < -0.4 is 5.32 Å². The SMILES string of the molecule is CC(=O)Nc1cc(C(=O)O)c2c3c([nH]c2c1)C(=O)c1ccccc1C3=O. The number of aromatic carboxylic acids is 1. The van der Waals surface area contributed by atoms with Crippen LogP contribution >= 0.6 is 0 Å². The number of aromatic amines is 1. The Labute approximate surface area is 146 Å². The summed E-state index contributed by atoms with van der Waals surface area (Å²) in [5, 5.41) is 12.3. The largest absolute Gasteiger partial charge is 0.478 e. The highest BCUT2D eigenvalue weighted by Gasteiger charge is 2.34. The monoisotopic (exact) mass is 348 g/mol. The standard InChI is InChI=1S/C19H12N2O5/c1-8(22)20-9-6-12(19(25)26)14-13(7-9)21-16-15(14)17(23)10-4-2-3-5-11(10)18(16)24/h2-7,21H,1H3,(H,20,22)(H,25,26). The third-order valence-corrected chi connectivity index (χ3v) is 4.32. The molecule has 1 aliphatic rings. The van der Waals surface area contributed by atoms with Gasteiger partial charge in [-0.3, -0.25) is 14.4 Å². The van der Waals surface area contributed by atoms with Crippen LogP contribution in [0.4, 0.5) is 5.69 Å². The van der Waals surface area contributed by atoms with E-state index in [4.69, 9.17) is 0 Å². The summed E-state index contributed by atoms with van der Waals surface area (Å²) in [6.07, 6.45) is 0. The molecule has 26 heavy (non-hydrogen) atoms. The lowest BCUT2D eigenvalue weighted by molar-refractivity contribution is -0.114. The first-order valence-electron chi connectivity index (χ1n) is 7.77. The number of hydrogen-bond acceptors (Lipinski definition) is 4. The number of ketones is 2. The van der Waals surface area contributed by atoms with Gasteiger partial charge in [0.1, 0.15) is 0 Å². The second-order valence-corrected chi connectivity index (χ2v) is 6.01. The molecule has 0 unspecified atom stereocenters. The van der Waals surface area contributed by atoms with Crippen LogP contribution in [-0.2, 0) is 4.79 Å². The van der Waals surface area contributed by atoms with Gasteiger partial charge in [-0.15, -0.1) is 0 Å². The maximum absolute atomic E-state index is 12.9. The molecule has 3 aromatic rings. The fourth-order valence-electron chi connectivity index (χ4n) is 3.32. The van der Waals surface area contributed by atoms with E-state index in [9.17, 15) is 24.3 Å². The molecule has 0 spiro atoms. The van der Waals surface area contributed by atoms with Crippen molar-refractivity contribution in [2.45, 2.75) is 6.92 Å². The molecule has 3 N–H and O–H groups in total. The van der Waals surface area contributed by atoms with Crippen molar-refractivity contribution in [2.24, 2.45) is 0 Å². The minimum Gasteiger partial charge on any atom is -0.478 e. The molecule has 0 atom stereocenters. The Kier molecular flexibility index (Phi) is 3.27. The summed E-state index contributed by atoms with van der Waals surface area (Å²) < 4.78 is 0. The van der Waals surface area contributed by atoms with Crippen LogP contribution in [-0.4, -0.2) is 33.5 Å². The number of rotatable bonds is 2. The highest BCUT2D eigenvalue weighted by molar-refractivity contribution is 6.33. The minimum absolute atomic E-state index is 0.0514. The highest BCUT2D eigenvalue weighted by Crippen LogP contribution is 2.35. The van der Waals surface area contributed by atoms with Gasteiger partial charge in [-0.05, 0) is 12.1 Å². The van der Waals surface area contributed by atoms with Gasteiger partial charge in [-0.25, -0.2) is 4.79 Å². The van der Waals surface area contributed by atoms with Crippen molar-refractivity contribution in [1.29, 1.82) is 0 Å². The minimum atomic E-state index is -1.26. The van der Waals surface area contributed by atoms with Gasteiger partial charge in [0.05, 0.1) is 16.8 Å². The van der Waals surface area contributed by atoms with Crippen molar-refractivity contribution in [2.75, 3.05) is 5.32 Å². The van der Waals surface area contributed by atoms with Crippen LogP contribution in [0, 0.1) is 0 Å². The number of amides is 1. The number of fused-ring (bicyclic) bond motifs is 4. The average Bonchev–Trinajstić information content (AvgIpc) is 2.98. The molecule has 0 radical (unpaired) electrons. The van der Waals surface area contributed by atoms with Gasteiger partial charge in [0.25, 0.3) is 0 Å². The van der Waals surface area contributed by atoms with Crippen molar-refractivity contribution in [3.05, 3.63) is 64.3 Å². The predicted molar refractivity (Wildman–Crippen MR) is 92.9 cm³/mol. The lowest BCUT2D eigenvalue weighted by atomic mass is 9.86. The molecule has 0 saturated carbocycles. The summed E-state index contributed by atoms with van der Waals surface area (Å²) in [5.74, 6) is -2.40. The normalized spacial score (nSPS) is 12.7. The summed E-state index contributed by atoms with van der Waals surface area (Å²) in [5.41, 5.74) is 1.03. The lowest BCUT2D eigenvalue weighted by Crippen LogP contribution is -2.20. The number of carbonyl (C=O) groups is 4. The predicted octanol–water partition coefficient (Wildman–Crippen LogP) is 2.60. The molecule has 0 bridgehead atoms. The molecule has 1 aromatic heterocycles. The number of carbonyl (C=O) groups excluding carboxylic acids is 3. The van der Waals surface area contributed by atoms with Crippen LogP contribution in [0.3, 0.4) is 0 Å². The Morgan fingerprint density at radius 3 is 2.31 bits per heavy atom. The van der Waals surface area contributed by atoms with E-state index in [0.717, 1.165) is 0 Å². The van der Waals surface area contributed by atoms with E-state index >= 15 is 0 Å². The fraction of sp³-hybridized carbons (Fsp3) is 0.0526. The maximum Gasteiger partial charge on any atom is 0.336 e. The van der Waals surface area contributed by atoms with Crippen LogP contribution in [0.25, 0.3) is 10.9 Å². The fourth-order valence-corrected chi connectivity index (χ4v) is 3.32. The molecule has 2 aromatic carbocycles. The van der Waals surface area contributed by atoms with E-state index < -0.39 is 11.8 Å². The van der Waals surface area contributed by atoms with E-state index in [1.807, 2.05) is 0 Å². The number of benzene rings is 2. The Morgan fingerprint density at radius 1 is 1.04 bits per heavy atom. The second kappa shape index (κ2) is 5.38. The zero-order valence-corrected chi connectivity index (χ0v) is 13.5. The summed E-state index contributed by atoms with van der Waals surface area (Å²) in [6, 6.07) is 9.20. The third-order valence-electron chi connectivity index (χ3n) is 4.32. The number of carboxylic acid groups (broad SMARTS) is 1. The Hall–Kier alpha value is -3.74. The Morgan fingerprint density at radius 2 is 1.69 bits per heavy atom. The summed E-state index contributed by atoms with van der Waals surface area (Å²) in [7, 11) is 0. The molecule has 0 fully saturated rings. The molecule has 0 aliphatic heterocycles. The quantitative estimate of drug-likeness (QED) is 0.515. The number of carboxylic acids is 1. The number of hydrogen-bond donors (Lipinski definition) is 3. The Bertz CT molecular complexity index is 1160. The molecule has 0 saturated heterocycles. The highest BCUT2D eigenvalue weighted by atomic mass is 16.4. The number of aromatic nitrogens is 1. The Balaban J connectivity index is 2.06. The van der Waals surface area contributed by atoms with Gasteiger partial charge >= 0.3 is 5.97 Å². The van der Waals surface area contributed by atoms with Crippen molar-refractivity contribution in [1.82, 2.24) is 4.98 Å². The van der Waals surface area contributed by atoms with Crippen molar-refractivity contribution < 1.29 is 24.3 Å².